The molecule has 2 aliphatic heterocycles. The standard InChI is InChI=1S/C72H119N7O17/c1-16-19-20-21-26-52(18-3)94-42-61(82)77-62(44(4)5)66(85)76-53(27-24-31-75-69(73)88)65(84)74-32-34-78(12)70(89)95-57-30-29-50(40-58(57)91-13)38-47(8)63-49(10)55(80)41-56(81)51(25-17-2)36-45(6)35-46(7)37-59(92-14)71(11)43-72(90,48(9)39-60(71)93-15)64(83)67(86)79-33-23-22-28-54(79)68(87)96-63/h17-18,36,38,44,46,48-55,57-60,62-63,80,90H,2-3,16,19-35,37,39-43H2,1,4-15H3,(H,74,84)(H,76,85)(H,77,82)(H3,73,75,88)/b45-36-,47-38+/t46-,48-,49+,50-,51+,52?,53-,54-,55+,57+,58+,59-,60+,62-,63+,71-,72+/m0/s1. The number of esters is 1. The number of rotatable bonds is 29. The van der Waals surface area contributed by atoms with Crippen LogP contribution in [0.2, 0.25) is 0 Å². The summed E-state index contributed by atoms with van der Waals surface area (Å²) in [6, 6.07) is -4.07. The molecule has 2 saturated carbocycles. The maximum absolute atomic E-state index is 14.8. The van der Waals surface area contributed by atoms with E-state index >= 15 is 0 Å². The van der Waals surface area contributed by atoms with E-state index < -0.39 is 131 Å². The fourth-order valence-corrected chi connectivity index (χ4v) is 14.4. The number of nitrogens with two attached hydrogens (primary N) is 1. The van der Waals surface area contributed by atoms with Gasteiger partial charge in [-0.25, -0.2) is 14.4 Å². The highest BCUT2D eigenvalue weighted by Crippen LogP contribution is 2.51. The van der Waals surface area contributed by atoms with Crippen LogP contribution in [0, 0.1) is 40.9 Å². The van der Waals surface area contributed by atoms with Gasteiger partial charge in [0, 0.05) is 78.2 Å². The highest BCUT2D eigenvalue weighted by atomic mass is 16.6. The van der Waals surface area contributed by atoms with Gasteiger partial charge >= 0.3 is 18.1 Å². The van der Waals surface area contributed by atoms with Crippen molar-refractivity contribution in [3.8, 4) is 0 Å². The van der Waals surface area contributed by atoms with Crippen LogP contribution in [0.25, 0.3) is 0 Å². The van der Waals surface area contributed by atoms with Gasteiger partial charge in [0.25, 0.3) is 11.7 Å². The Labute approximate surface area is 571 Å². The molecule has 1 unspecified atom stereocenters. The molecule has 0 aromatic heterocycles. The monoisotopic (exact) mass is 1350 g/mol. The summed E-state index contributed by atoms with van der Waals surface area (Å²) in [6.07, 6.45) is 10.4. The maximum Gasteiger partial charge on any atom is 0.409 e. The summed E-state index contributed by atoms with van der Waals surface area (Å²) in [5.74, 6) is -7.44. The van der Waals surface area contributed by atoms with Crippen LogP contribution in [0.15, 0.2) is 48.6 Å². The number of aliphatic hydroxyl groups is 2. The van der Waals surface area contributed by atoms with Crippen LogP contribution in [0.1, 0.15) is 184 Å². The molecule has 3 fully saturated rings. The van der Waals surface area contributed by atoms with E-state index in [9.17, 15) is 53.4 Å². The highest BCUT2D eigenvalue weighted by Gasteiger charge is 2.60. The lowest BCUT2D eigenvalue weighted by Gasteiger charge is -2.53. The van der Waals surface area contributed by atoms with Gasteiger partial charge in [0.15, 0.2) is 0 Å². The Morgan fingerprint density at radius 3 is 2.21 bits per heavy atom. The zero-order valence-corrected chi connectivity index (χ0v) is 59.9. The quantitative estimate of drug-likeness (QED) is 0.0165. The molecule has 2 aliphatic carbocycles. The predicted octanol–water partition coefficient (Wildman–Crippen LogP) is 7.50. The topological polar surface area (TPSA) is 330 Å². The molecule has 544 valence electrons. The number of ketones is 2. The van der Waals surface area contributed by atoms with Crippen LogP contribution in [-0.4, -0.2) is 201 Å². The lowest BCUT2D eigenvalue weighted by Crippen LogP contribution is -2.64. The third-order valence-electron chi connectivity index (χ3n) is 20.3. The lowest BCUT2D eigenvalue weighted by molar-refractivity contribution is -0.196. The number of cyclic esters (lactones) is 1. The van der Waals surface area contributed by atoms with Crippen molar-refractivity contribution in [2.24, 2.45) is 46.7 Å². The van der Waals surface area contributed by atoms with Gasteiger partial charge in [-0.1, -0.05) is 104 Å². The number of fused-ring (bicyclic) bond motifs is 3. The van der Waals surface area contributed by atoms with Crippen LogP contribution < -0.4 is 27.0 Å². The highest BCUT2D eigenvalue weighted by molar-refractivity contribution is 6.39. The molecule has 0 aromatic rings. The summed E-state index contributed by atoms with van der Waals surface area (Å²) in [5.41, 5.74) is 3.70. The first-order chi connectivity index (χ1) is 45.4. The molecule has 8 N–H and O–H groups in total. The second kappa shape index (κ2) is 40.1. The van der Waals surface area contributed by atoms with E-state index in [2.05, 4.69) is 48.3 Å². The minimum absolute atomic E-state index is 0.00574. The summed E-state index contributed by atoms with van der Waals surface area (Å²) < 4.78 is 36.5. The Morgan fingerprint density at radius 1 is 0.875 bits per heavy atom. The maximum atomic E-state index is 14.8. The van der Waals surface area contributed by atoms with Crippen molar-refractivity contribution >= 4 is 53.3 Å². The minimum atomic E-state index is -2.13. The first-order valence-electron chi connectivity index (χ1n) is 35.0. The summed E-state index contributed by atoms with van der Waals surface area (Å²) >= 11 is 0. The van der Waals surface area contributed by atoms with Crippen LogP contribution >= 0.6 is 0 Å². The number of Topliss-reactive ketones (excluding diaryl/α,β-unsaturated/α-hetero) is 2. The molecule has 4 rings (SSSR count). The van der Waals surface area contributed by atoms with E-state index in [-0.39, 0.29) is 101 Å². The third-order valence-corrected chi connectivity index (χ3v) is 20.3. The zero-order chi connectivity index (χ0) is 71.6. The number of primary amides is 1. The number of hydrogen-bond acceptors (Lipinski definition) is 17. The number of methoxy groups -OCH3 is 3. The van der Waals surface area contributed by atoms with E-state index in [0.29, 0.717) is 63.4 Å². The average Bonchev–Trinajstić information content (AvgIpc) is 0.756. The Morgan fingerprint density at radius 2 is 1.57 bits per heavy atom. The largest absolute Gasteiger partial charge is 0.456 e. The van der Waals surface area contributed by atoms with Crippen LogP contribution in [0.4, 0.5) is 9.59 Å². The Balaban J connectivity index is 1.52. The number of ether oxygens (including phenoxy) is 6. The fraction of sp³-hybridized carbons (Fsp3) is 0.764. The molecule has 24 heteroatoms. The van der Waals surface area contributed by atoms with Gasteiger partial charge in [-0.05, 0) is 133 Å². The number of carbonyl (C=O) groups excluding carboxylic acids is 9. The van der Waals surface area contributed by atoms with Crippen molar-refractivity contribution in [1.82, 2.24) is 31.1 Å². The summed E-state index contributed by atoms with van der Waals surface area (Å²) in [4.78, 5) is 127. The van der Waals surface area contributed by atoms with Crippen molar-refractivity contribution in [3.63, 3.8) is 0 Å². The van der Waals surface area contributed by atoms with Gasteiger partial charge in [0.2, 0.25) is 17.7 Å². The number of allylic oxidation sites excluding steroid dienone is 4. The number of hydrogen-bond donors (Lipinski definition) is 7. The zero-order valence-electron chi connectivity index (χ0n) is 59.9. The van der Waals surface area contributed by atoms with E-state index in [1.54, 1.807) is 61.0 Å². The Kier molecular flexibility index (Phi) is 34.4. The second-order valence-corrected chi connectivity index (χ2v) is 28.3. The van der Waals surface area contributed by atoms with E-state index in [0.717, 1.165) is 31.3 Å². The lowest BCUT2D eigenvalue weighted by atomic mass is 9.58. The first-order valence-corrected chi connectivity index (χ1v) is 35.0. The molecule has 2 bridgehead atoms. The Bertz CT molecular complexity index is 2670. The van der Waals surface area contributed by atoms with Crippen molar-refractivity contribution in [2.45, 2.75) is 251 Å². The number of carbonyl (C=O) groups is 9. The molecule has 1 saturated heterocycles. The number of urea groups is 1. The molecule has 0 spiro atoms. The molecule has 96 heavy (non-hydrogen) atoms. The molecule has 2 heterocycles. The molecule has 7 amide bonds. The molecule has 17 atom stereocenters. The van der Waals surface area contributed by atoms with Gasteiger partial charge in [-0.3, -0.25) is 28.8 Å². The van der Waals surface area contributed by atoms with Crippen LogP contribution in [0.3, 0.4) is 0 Å². The predicted molar refractivity (Wildman–Crippen MR) is 365 cm³/mol. The van der Waals surface area contributed by atoms with E-state index in [1.165, 1.54) is 24.0 Å². The number of amides is 7. The summed E-state index contributed by atoms with van der Waals surface area (Å²) in [5, 5.41) is 35.5. The SMILES string of the molecule is C=CC[C@@H]1/C=C(/C)C[C@H](C)C[C@H](OC)[C@]2(C)C[C@](O)(C(=O)C(=O)N3CCCC[C@H]3C(=O)O[C@H](/C(C)=C/[C@@H]3CC[C@@H](OC(=O)N(C)CCNC(=O)[C@H](CCCNC(N)=O)NC(=O)[C@@H](NC(=O)COC(C=C)CCCCCC)C(C)C)[C@H](OC)C3)[C@H](C)[C@H](O)CC1=O)[C@@H](C)C[C@H]2OC. The number of unbranched alkanes of at least 4 members (excludes halogenated alkanes) is 3. The number of likely N-dealkylation sites (N-methyl/N-ethyl adjacent to an activating group) is 1. The van der Waals surface area contributed by atoms with Gasteiger partial charge in [0.1, 0.15) is 48.3 Å². The van der Waals surface area contributed by atoms with E-state index in [1.807, 2.05) is 26.0 Å². The van der Waals surface area contributed by atoms with Crippen molar-refractivity contribution in [1.29, 1.82) is 0 Å². The average molecular weight is 1350 g/mol. The molecule has 0 radical (unpaired) electrons. The van der Waals surface area contributed by atoms with Crippen molar-refractivity contribution < 1.29 is 81.8 Å². The van der Waals surface area contributed by atoms with Crippen LogP contribution in [-0.2, 0) is 62.0 Å². The van der Waals surface area contributed by atoms with E-state index in [4.69, 9.17) is 34.2 Å². The first kappa shape index (κ1) is 82.4. The van der Waals surface area contributed by atoms with Crippen LogP contribution in [0.5, 0.6) is 0 Å². The van der Waals surface area contributed by atoms with Crippen molar-refractivity contribution in [2.75, 3.05) is 61.2 Å². The molecule has 0 aromatic carbocycles. The molecule has 24 nitrogen and oxygen atoms in total. The number of aliphatic hydroxyl groups excluding tert-OH is 1. The van der Waals surface area contributed by atoms with Gasteiger partial charge < -0.3 is 75.4 Å². The molecular weight excluding hydrogens is 1230 g/mol. The molecule has 4 aliphatic rings. The summed E-state index contributed by atoms with van der Waals surface area (Å²) in [6.45, 7) is 24.4. The fourth-order valence-electron chi connectivity index (χ4n) is 14.4. The normalized spacial score (nSPS) is 30.6. The smallest absolute Gasteiger partial charge is 0.409 e. The summed E-state index contributed by atoms with van der Waals surface area (Å²) in [7, 11) is 6.20. The van der Waals surface area contributed by atoms with Gasteiger partial charge in [-0.2, -0.15) is 0 Å². The molecular formula is C72H119N7O17. The number of piperidine rings is 1. The van der Waals surface area contributed by atoms with Gasteiger partial charge in [0.05, 0.1) is 30.5 Å². The van der Waals surface area contributed by atoms with Gasteiger partial charge in [-0.15, -0.1) is 13.2 Å². The second-order valence-electron chi connectivity index (χ2n) is 28.3. The third kappa shape index (κ3) is 23.9. The number of nitrogens with one attached hydrogen (secondary N) is 4. The Hall–Kier alpha value is -6.05. The minimum Gasteiger partial charge on any atom is -0.456 e. The number of nitrogens with zero attached hydrogens (tertiary/aromatic N) is 2. The van der Waals surface area contributed by atoms with Crippen molar-refractivity contribution in [3.05, 3.63) is 48.6 Å².